The fourth-order valence-electron chi connectivity index (χ4n) is 2.11. The zero-order valence-corrected chi connectivity index (χ0v) is 7.20. The topological polar surface area (TPSA) is 31.0 Å². The Kier molecular flexibility index (Phi) is 1.61. The summed E-state index contributed by atoms with van der Waals surface area (Å²) in [5.41, 5.74) is 3.32. The highest BCUT2D eigenvalue weighted by Gasteiger charge is 2.47. The van der Waals surface area contributed by atoms with Gasteiger partial charge >= 0.3 is 0 Å². The number of hydrazine groups is 1. The number of ether oxygens (including phenoxy) is 1. The minimum absolute atomic E-state index is 0.354. The fraction of sp³-hybridized carbons (Fsp3) is 1.00. The van der Waals surface area contributed by atoms with Crippen LogP contribution in [-0.4, -0.2) is 48.5 Å². The second-order valence-corrected chi connectivity index (χ2v) is 3.91. The molecule has 4 nitrogen and oxygen atoms in total. The molecule has 3 saturated heterocycles. The normalized spacial score (nSPS) is 42.0. The summed E-state index contributed by atoms with van der Waals surface area (Å²) < 4.78 is 5.28. The molecule has 4 heteroatoms. The lowest BCUT2D eigenvalue weighted by molar-refractivity contribution is 0.0735. The van der Waals surface area contributed by atoms with Gasteiger partial charge in [0.1, 0.15) is 12.3 Å². The highest BCUT2D eigenvalue weighted by Crippen LogP contribution is 2.26. The highest BCUT2D eigenvalue weighted by atomic mass is 16.6. The second kappa shape index (κ2) is 2.67. The Bertz CT molecular complexity index is 171. The third kappa shape index (κ3) is 1.25. The molecule has 0 aromatic rings. The van der Waals surface area contributed by atoms with E-state index in [1.165, 1.54) is 25.9 Å². The van der Waals surface area contributed by atoms with Crippen LogP contribution in [0, 0.1) is 0 Å². The maximum Gasteiger partial charge on any atom is 0.149 e. The molecule has 1 N–H and O–H groups in total. The van der Waals surface area contributed by atoms with E-state index in [4.69, 9.17) is 4.74 Å². The molecule has 0 radical (unpaired) electrons. The molecule has 0 amide bonds. The van der Waals surface area contributed by atoms with Crippen molar-refractivity contribution in [2.45, 2.75) is 25.2 Å². The zero-order valence-electron chi connectivity index (χ0n) is 7.20. The third-order valence-corrected chi connectivity index (χ3v) is 2.86. The summed E-state index contributed by atoms with van der Waals surface area (Å²) in [7, 11) is 0. The predicted octanol–water partition coefficient (Wildman–Crippen LogP) is -0.415. The van der Waals surface area contributed by atoms with Gasteiger partial charge in [-0.05, 0) is 25.9 Å². The number of likely N-dealkylation sites (tertiary alicyclic amines) is 1. The Morgan fingerprint density at radius 3 is 2.83 bits per heavy atom. The van der Waals surface area contributed by atoms with E-state index in [0.717, 1.165) is 13.2 Å². The Hall–Kier alpha value is -0.160. The van der Waals surface area contributed by atoms with Crippen molar-refractivity contribution >= 4 is 0 Å². The van der Waals surface area contributed by atoms with Crippen LogP contribution in [0.25, 0.3) is 0 Å². The molecule has 3 fully saturated rings. The summed E-state index contributed by atoms with van der Waals surface area (Å²) in [6.45, 7) is 4.69. The minimum atomic E-state index is 0.354. The van der Waals surface area contributed by atoms with Gasteiger partial charge in [0.15, 0.2) is 0 Å². The van der Waals surface area contributed by atoms with Crippen molar-refractivity contribution in [1.82, 2.24) is 15.3 Å². The molecule has 2 atom stereocenters. The molecule has 3 heterocycles. The van der Waals surface area contributed by atoms with E-state index in [0.29, 0.717) is 12.3 Å². The van der Waals surface area contributed by atoms with Crippen LogP contribution in [0.5, 0.6) is 0 Å². The number of nitrogens with one attached hydrogen (secondary N) is 1. The Morgan fingerprint density at radius 1 is 1.33 bits per heavy atom. The molecule has 0 saturated carbocycles. The number of hydrogen-bond donors (Lipinski definition) is 1. The molecular weight excluding hydrogens is 154 g/mol. The highest BCUT2D eigenvalue weighted by molar-refractivity contribution is 4.90. The second-order valence-electron chi connectivity index (χ2n) is 3.91. The third-order valence-electron chi connectivity index (χ3n) is 2.86. The SMILES string of the molecule is C1CCN(CN2CC3OC3N2)C1. The first-order valence-corrected chi connectivity index (χ1v) is 4.81. The standard InChI is InChI=1S/C8H15N3O/c1-2-4-10(3-1)6-11-5-7-8(9-11)12-7/h7-9H,1-6H2. The van der Waals surface area contributed by atoms with Crippen molar-refractivity contribution in [2.24, 2.45) is 0 Å². The van der Waals surface area contributed by atoms with Crippen LogP contribution in [0.4, 0.5) is 0 Å². The summed E-state index contributed by atoms with van der Waals surface area (Å²) in [5, 5.41) is 2.28. The van der Waals surface area contributed by atoms with E-state index in [1.807, 2.05) is 0 Å². The Labute approximate surface area is 72.4 Å². The maximum atomic E-state index is 5.28. The Balaban J connectivity index is 1.48. The quantitative estimate of drug-likeness (QED) is 0.569. The van der Waals surface area contributed by atoms with Crippen molar-refractivity contribution in [3.8, 4) is 0 Å². The average molecular weight is 169 g/mol. The summed E-state index contributed by atoms with van der Waals surface area (Å²) in [5.74, 6) is 0. The van der Waals surface area contributed by atoms with Crippen LogP contribution in [-0.2, 0) is 4.74 Å². The van der Waals surface area contributed by atoms with Gasteiger partial charge < -0.3 is 4.74 Å². The molecule has 3 aliphatic rings. The first kappa shape index (κ1) is 7.26. The van der Waals surface area contributed by atoms with E-state index >= 15 is 0 Å². The van der Waals surface area contributed by atoms with E-state index in [2.05, 4.69) is 15.3 Å². The average Bonchev–Trinajstić information content (AvgIpc) is 2.55. The van der Waals surface area contributed by atoms with Crippen molar-refractivity contribution in [2.75, 3.05) is 26.3 Å². The van der Waals surface area contributed by atoms with Crippen LogP contribution < -0.4 is 5.43 Å². The van der Waals surface area contributed by atoms with Gasteiger partial charge in [-0.25, -0.2) is 10.4 Å². The smallest absolute Gasteiger partial charge is 0.149 e. The van der Waals surface area contributed by atoms with Crippen molar-refractivity contribution in [3.05, 3.63) is 0 Å². The maximum absolute atomic E-state index is 5.28. The summed E-state index contributed by atoms with van der Waals surface area (Å²) in [6.07, 6.45) is 3.59. The van der Waals surface area contributed by atoms with E-state index in [1.54, 1.807) is 0 Å². The summed E-state index contributed by atoms with van der Waals surface area (Å²) in [6, 6.07) is 0. The van der Waals surface area contributed by atoms with Crippen LogP contribution in [0.2, 0.25) is 0 Å². The van der Waals surface area contributed by atoms with Gasteiger partial charge in [-0.15, -0.1) is 0 Å². The summed E-state index contributed by atoms with van der Waals surface area (Å²) in [4.78, 5) is 2.50. The van der Waals surface area contributed by atoms with Crippen LogP contribution in [0.1, 0.15) is 12.8 Å². The van der Waals surface area contributed by atoms with Crippen molar-refractivity contribution in [3.63, 3.8) is 0 Å². The fourth-order valence-corrected chi connectivity index (χ4v) is 2.11. The lowest BCUT2D eigenvalue weighted by Gasteiger charge is -2.23. The van der Waals surface area contributed by atoms with Gasteiger partial charge in [0.25, 0.3) is 0 Å². The summed E-state index contributed by atoms with van der Waals surface area (Å²) >= 11 is 0. The van der Waals surface area contributed by atoms with Crippen LogP contribution in [0.3, 0.4) is 0 Å². The van der Waals surface area contributed by atoms with Gasteiger partial charge in [0.05, 0.1) is 6.67 Å². The van der Waals surface area contributed by atoms with E-state index in [-0.39, 0.29) is 0 Å². The largest absolute Gasteiger partial charge is 0.350 e. The number of fused-ring (bicyclic) bond motifs is 1. The van der Waals surface area contributed by atoms with Gasteiger partial charge in [-0.3, -0.25) is 4.90 Å². The molecule has 0 aliphatic carbocycles. The predicted molar refractivity (Wildman–Crippen MR) is 44.2 cm³/mol. The molecule has 0 aromatic heterocycles. The number of epoxide rings is 1. The number of rotatable bonds is 2. The Morgan fingerprint density at radius 2 is 2.17 bits per heavy atom. The minimum Gasteiger partial charge on any atom is -0.350 e. The van der Waals surface area contributed by atoms with Gasteiger partial charge in [-0.1, -0.05) is 0 Å². The zero-order chi connectivity index (χ0) is 7.97. The van der Waals surface area contributed by atoms with Gasteiger partial charge in [0.2, 0.25) is 0 Å². The molecule has 3 aliphatic heterocycles. The van der Waals surface area contributed by atoms with Crippen LogP contribution >= 0.6 is 0 Å². The lowest BCUT2D eigenvalue weighted by Crippen LogP contribution is -2.43. The molecule has 0 spiro atoms. The van der Waals surface area contributed by atoms with Gasteiger partial charge in [-0.2, -0.15) is 0 Å². The first-order chi connectivity index (χ1) is 5.92. The van der Waals surface area contributed by atoms with Crippen molar-refractivity contribution < 1.29 is 4.74 Å². The molecule has 0 aromatic carbocycles. The molecule has 0 bridgehead atoms. The molecule has 12 heavy (non-hydrogen) atoms. The van der Waals surface area contributed by atoms with Crippen LogP contribution in [0.15, 0.2) is 0 Å². The van der Waals surface area contributed by atoms with E-state index in [9.17, 15) is 0 Å². The van der Waals surface area contributed by atoms with Gasteiger partial charge in [0, 0.05) is 6.54 Å². The molecular formula is C8H15N3O. The van der Waals surface area contributed by atoms with E-state index < -0.39 is 0 Å². The lowest BCUT2D eigenvalue weighted by atomic mass is 10.4. The number of hydrogen-bond acceptors (Lipinski definition) is 4. The molecule has 2 unspecified atom stereocenters. The first-order valence-electron chi connectivity index (χ1n) is 4.81. The molecule has 3 rings (SSSR count). The monoisotopic (exact) mass is 169 g/mol. The molecule has 68 valence electrons. The number of nitrogens with zero attached hydrogens (tertiary/aromatic N) is 2. The van der Waals surface area contributed by atoms with Crippen molar-refractivity contribution in [1.29, 1.82) is 0 Å².